The molecule has 0 heterocycles. The number of aliphatic hydroxyl groups is 1. The lowest BCUT2D eigenvalue weighted by Gasteiger charge is -2.11. The topological polar surface area (TPSA) is 61.4 Å². The zero-order valence-corrected chi connectivity index (χ0v) is 12.6. The smallest absolute Gasteiger partial charge is 0.243 e. The molecule has 0 aromatic heterocycles. The van der Waals surface area contributed by atoms with Crippen LogP contribution in [-0.4, -0.2) is 17.6 Å². The molecule has 2 aromatic rings. The molecular weight excluding hydrogens is 311 g/mol. The molecule has 21 heavy (non-hydrogen) atoms. The van der Waals surface area contributed by atoms with E-state index in [4.69, 9.17) is 28.3 Å². The molecule has 6 heteroatoms. The van der Waals surface area contributed by atoms with Crippen molar-refractivity contribution in [3.63, 3.8) is 0 Å². The number of hydrogen-bond donors (Lipinski definition) is 3. The minimum absolute atomic E-state index is 0.0415. The van der Waals surface area contributed by atoms with Crippen LogP contribution >= 0.6 is 23.2 Å². The van der Waals surface area contributed by atoms with E-state index in [-0.39, 0.29) is 19.1 Å². The first kappa shape index (κ1) is 15.6. The second-order valence-electron chi connectivity index (χ2n) is 4.35. The van der Waals surface area contributed by atoms with Gasteiger partial charge in [-0.3, -0.25) is 4.79 Å². The van der Waals surface area contributed by atoms with Crippen molar-refractivity contribution >= 4 is 40.5 Å². The molecule has 0 atom stereocenters. The molecule has 0 unspecified atom stereocenters. The van der Waals surface area contributed by atoms with Crippen molar-refractivity contribution in [3.05, 3.63) is 58.1 Å². The standard InChI is InChI=1S/C15H14Cl2N2O2/c16-11-3-1-2-4-13(11)19-15(21)8-18-14-7-10(9-20)5-6-12(14)17/h1-7,18,20H,8-9H2,(H,19,21). The van der Waals surface area contributed by atoms with E-state index in [1.807, 2.05) is 0 Å². The van der Waals surface area contributed by atoms with Crippen molar-refractivity contribution in [3.8, 4) is 0 Å². The van der Waals surface area contributed by atoms with E-state index >= 15 is 0 Å². The molecule has 1 amide bonds. The zero-order valence-electron chi connectivity index (χ0n) is 11.1. The molecule has 0 radical (unpaired) electrons. The van der Waals surface area contributed by atoms with Gasteiger partial charge in [0.2, 0.25) is 5.91 Å². The molecule has 2 rings (SSSR count). The fourth-order valence-electron chi connectivity index (χ4n) is 1.74. The van der Waals surface area contributed by atoms with E-state index in [0.29, 0.717) is 27.0 Å². The van der Waals surface area contributed by atoms with Crippen molar-refractivity contribution in [2.24, 2.45) is 0 Å². The second kappa shape index (κ2) is 7.31. The molecule has 0 aliphatic carbocycles. The maximum atomic E-state index is 11.9. The minimum atomic E-state index is -0.242. The number of para-hydroxylation sites is 1. The molecule has 110 valence electrons. The van der Waals surface area contributed by atoms with Gasteiger partial charge in [0.1, 0.15) is 0 Å². The Morgan fingerprint density at radius 1 is 1.05 bits per heavy atom. The van der Waals surface area contributed by atoms with Gasteiger partial charge in [-0.05, 0) is 29.8 Å². The predicted octanol–water partition coefficient (Wildman–Crippen LogP) is 3.54. The third kappa shape index (κ3) is 4.36. The Balaban J connectivity index is 1.97. The van der Waals surface area contributed by atoms with Crippen LogP contribution < -0.4 is 10.6 Å². The van der Waals surface area contributed by atoms with Gasteiger partial charge < -0.3 is 15.7 Å². The van der Waals surface area contributed by atoms with E-state index in [1.54, 1.807) is 42.5 Å². The number of rotatable bonds is 5. The van der Waals surface area contributed by atoms with Gasteiger partial charge >= 0.3 is 0 Å². The van der Waals surface area contributed by atoms with Crippen molar-refractivity contribution in [2.45, 2.75) is 6.61 Å². The summed E-state index contributed by atoms with van der Waals surface area (Å²) >= 11 is 12.0. The number of anilines is 2. The SMILES string of the molecule is O=C(CNc1cc(CO)ccc1Cl)Nc1ccccc1Cl. The highest BCUT2D eigenvalue weighted by Gasteiger charge is 2.07. The highest BCUT2D eigenvalue weighted by Crippen LogP contribution is 2.23. The van der Waals surface area contributed by atoms with Gasteiger partial charge in [0.15, 0.2) is 0 Å². The van der Waals surface area contributed by atoms with Crippen LogP contribution in [0.5, 0.6) is 0 Å². The van der Waals surface area contributed by atoms with Gasteiger partial charge in [-0.2, -0.15) is 0 Å². The van der Waals surface area contributed by atoms with Gasteiger partial charge in [-0.25, -0.2) is 0 Å². The Hall–Kier alpha value is -1.75. The van der Waals surface area contributed by atoms with Gasteiger partial charge in [0, 0.05) is 0 Å². The first-order valence-electron chi connectivity index (χ1n) is 6.27. The fourth-order valence-corrected chi connectivity index (χ4v) is 2.11. The summed E-state index contributed by atoms with van der Waals surface area (Å²) in [6.07, 6.45) is 0. The number of carbonyl (C=O) groups excluding carboxylic acids is 1. The number of carbonyl (C=O) groups is 1. The van der Waals surface area contributed by atoms with Crippen molar-refractivity contribution in [1.82, 2.24) is 0 Å². The van der Waals surface area contributed by atoms with Gasteiger partial charge in [0.25, 0.3) is 0 Å². The maximum absolute atomic E-state index is 11.9. The van der Waals surface area contributed by atoms with E-state index in [0.717, 1.165) is 0 Å². The number of aliphatic hydroxyl groups excluding tert-OH is 1. The van der Waals surface area contributed by atoms with Gasteiger partial charge in [-0.1, -0.05) is 41.4 Å². The minimum Gasteiger partial charge on any atom is -0.392 e. The molecule has 0 fully saturated rings. The van der Waals surface area contributed by atoms with E-state index in [2.05, 4.69) is 10.6 Å². The van der Waals surface area contributed by atoms with Crippen LogP contribution in [0.4, 0.5) is 11.4 Å². The molecule has 0 aliphatic rings. The highest BCUT2D eigenvalue weighted by atomic mass is 35.5. The molecular formula is C15H14Cl2N2O2. The van der Waals surface area contributed by atoms with Crippen LogP contribution in [-0.2, 0) is 11.4 Å². The van der Waals surface area contributed by atoms with Crippen LogP contribution in [0.25, 0.3) is 0 Å². The van der Waals surface area contributed by atoms with E-state index < -0.39 is 0 Å². The molecule has 0 bridgehead atoms. The number of halogens is 2. The molecule has 4 nitrogen and oxygen atoms in total. The van der Waals surface area contributed by atoms with Gasteiger partial charge in [-0.15, -0.1) is 0 Å². The predicted molar refractivity (Wildman–Crippen MR) is 85.9 cm³/mol. The Kier molecular flexibility index (Phi) is 5.44. The monoisotopic (exact) mass is 324 g/mol. The molecule has 2 aromatic carbocycles. The van der Waals surface area contributed by atoms with Crippen LogP contribution in [0.15, 0.2) is 42.5 Å². The van der Waals surface area contributed by atoms with Crippen molar-refractivity contribution < 1.29 is 9.90 Å². The summed E-state index contributed by atoms with van der Waals surface area (Å²) in [6.45, 7) is -0.0442. The van der Waals surface area contributed by atoms with Crippen molar-refractivity contribution in [2.75, 3.05) is 17.2 Å². The lowest BCUT2D eigenvalue weighted by atomic mass is 10.2. The largest absolute Gasteiger partial charge is 0.392 e. The van der Waals surface area contributed by atoms with Crippen LogP contribution in [0.1, 0.15) is 5.56 Å². The Morgan fingerprint density at radius 2 is 1.76 bits per heavy atom. The number of nitrogens with one attached hydrogen (secondary N) is 2. The first-order chi connectivity index (χ1) is 10.1. The van der Waals surface area contributed by atoms with Crippen LogP contribution in [0.2, 0.25) is 10.0 Å². The maximum Gasteiger partial charge on any atom is 0.243 e. The van der Waals surface area contributed by atoms with E-state index in [9.17, 15) is 4.79 Å². The fraction of sp³-hybridized carbons (Fsp3) is 0.133. The quantitative estimate of drug-likeness (QED) is 0.788. The first-order valence-corrected chi connectivity index (χ1v) is 7.03. The summed E-state index contributed by atoms with van der Waals surface area (Å²) in [6, 6.07) is 12.1. The highest BCUT2D eigenvalue weighted by molar-refractivity contribution is 6.34. The van der Waals surface area contributed by atoms with Crippen LogP contribution in [0.3, 0.4) is 0 Å². The van der Waals surface area contributed by atoms with Gasteiger partial charge in [0.05, 0.1) is 34.6 Å². The van der Waals surface area contributed by atoms with E-state index in [1.165, 1.54) is 0 Å². The molecule has 0 saturated heterocycles. The summed E-state index contributed by atoms with van der Waals surface area (Å²) in [7, 11) is 0. The Labute approximate surface area is 132 Å². The Morgan fingerprint density at radius 3 is 2.48 bits per heavy atom. The van der Waals surface area contributed by atoms with Crippen LogP contribution in [0, 0.1) is 0 Å². The normalized spacial score (nSPS) is 10.2. The number of benzene rings is 2. The summed E-state index contributed by atoms with van der Waals surface area (Å²) < 4.78 is 0. The molecule has 0 aliphatic heterocycles. The third-order valence-corrected chi connectivity index (χ3v) is 3.46. The zero-order chi connectivity index (χ0) is 15.2. The lowest BCUT2D eigenvalue weighted by Crippen LogP contribution is -2.22. The average Bonchev–Trinajstić information content (AvgIpc) is 2.49. The molecule has 0 spiro atoms. The molecule has 0 saturated carbocycles. The lowest BCUT2D eigenvalue weighted by molar-refractivity contribution is -0.114. The van der Waals surface area contributed by atoms with Crippen molar-refractivity contribution in [1.29, 1.82) is 0 Å². The third-order valence-electron chi connectivity index (χ3n) is 2.80. The summed E-state index contributed by atoms with van der Waals surface area (Å²) in [5.41, 5.74) is 1.87. The number of hydrogen-bond acceptors (Lipinski definition) is 3. The summed E-state index contributed by atoms with van der Waals surface area (Å²) in [5.74, 6) is -0.242. The summed E-state index contributed by atoms with van der Waals surface area (Å²) in [5, 5.41) is 15.7. The second-order valence-corrected chi connectivity index (χ2v) is 5.17. The number of amides is 1. The molecule has 3 N–H and O–H groups in total. The average molecular weight is 325 g/mol. The summed E-state index contributed by atoms with van der Waals surface area (Å²) in [4.78, 5) is 11.9. The Bertz CT molecular complexity index is 647.